The molecular weight excluding hydrogens is 480 g/mol. The number of furan rings is 1. The Labute approximate surface area is 191 Å². The van der Waals surface area contributed by atoms with Gasteiger partial charge in [0, 0.05) is 10.2 Å². The summed E-state index contributed by atoms with van der Waals surface area (Å²) in [6, 6.07) is 18.7. The lowest BCUT2D eigenvalue weighted by molar-refractivity contribution is -0.113. The van der Waals surface area contributed by atoms with Gasteiger partial charge in [-0.3, -0.25) is 9.36 Å². The van der Waals surface area contributed by atoms with Crippen molar-refractivity contribution in [3.63, 3.8) is 0 Å². The van der Waals surface area contributed by atoms with Crippen molar-refractivity contribution in [1.82, 2.24) is 14.8 Å². The maximum absolute atomic E-state index is 12.4. The van der Waals surface area contributed by atoms with E-state index in [1.165, 1.54) is 11.8 Å². The Balaban J connectivity index is 1.55. The lowest BCUT2D eigenvalue weighted by Gasteiger charge is -2.10. The lowest BCUT2D eigenvalue weighted by Crippen LogP contribution is -2.14. The fourth-order valence-electron chi connectivity index (χ4n) is 2.88. The van der Waals surface area contributed by atoms with Crippen LogP contribution < -0.4 is 10.1 Å². The van der Waals surface area contributed by atoms with Crippen molar-refractivity contribution < 1.29 is 13.9 Å². The quantitative estimate of drug-likeness (QED) is 0.326. The number of anilines is 1. The molecule has 2 aromatic carbocycles. The van der Waals surface area contributed by atoms with Gasteiger partial charge < -0.3 is 14.5 Å². The van der Waals surface area contributed by atoms with Crippen LogP contribution in [0.5, 0.6) is 5.75 Å². The number of thioether (sulfide) groups is 1. The smallest absolute Gasteiger partial charge is 0.234 e. The van der Waals surface area contributed by atoms with Crippen molar-refractivity contribution >= 4 is 39.3 Å². The van der Waals surface area contributed by atoms with E-state index in [1.807, 2.05) is 66.1 Å². The molecule has 1 N–H and O–H groups in total. The highest BCUT2D eigenvalue weighted by Gasteiger charge is 2.19. The van der Waals surface area contributed by atoms with E-state index in [-0.39, 0.29) is 11.7 Å². The van der Waals surface area contributed by atoms with E-state index < -0.39 is 0 Å². The molecule has 4 rings (SSSR count). The topological polar surface area (TPSA) is 82.2 Å². The second-order valence-corrected chi connectivity index (χ2v) is 8.25. The minimum atomic E-state index is -0.131. The first kappa shape index (κ1) is 21.2. The van der Waals surface area contributed by atoms with Crippen LogP contribution in [0.25, 0.3) is 17.3 Å². The van der Waals surface area contributed by atoms with Crippen molar-refractivity contribution in [3.8, 4) is 23.0 Å². The van der Waals surface area contributed by atoms with Crippen LogP contribution in [0.3, 0.4) is 0 Å². The van der Waals surface area contributed by atoms with Gasteiger partial charge in [0.15, 0.2) is 10.9 Å². The van der Waals surface area contributed by atoms with E-state index in [2.05, 4.69) is 31.4 Å². The lowest BCUT2D eigenvalue weighted by atomic mass is 10.3. The molecule has 158 valence electrons. The highest BCUT2D eigenvalue weighted by atomic mass is 79.9. The molecule has 1 amide bonds. The number of rotatable bonds is 8. The Hall–Kier alpha value is -3.04. The summed E-state index contributed by atoms with van der Waals surface area (Å²) in [4.78, 5) is 12.4. The minimum Gasteiger partial charge on any atom is -0.494 e. The van der Waals surface area contributed by atoms with E-state index in [9.17, 15) is 4.79 Å². The van der Waals surface area contributed by atoms with Gasteiger partial charge in [0.1, 0.15) is 5.75 Å². The number of nitrogens with zero attached hydrogens (tertiary/aromatic N) is 3. The van der Waals surface area contributed by atoms with E-state index in [4.69, 9.17) is 9.15 Å². The summed E-state index contributed by atoms with van der Waals surface area (Å²) in [6.07, 6.45) is 1.59. The van der Waals surface area contributed by atoms with E-state index in [0.717, 1.165) is 21.6 Å². The molecule has 0 radical (unpaired) electrons. The SMILES string of the molecule is CCOc1ccc(-n2c(SCC(=O)Nc3ccc(Br)cc3)nnc2-c2ccco2)cc1. The molecule has 0 fully saturated rings. The molecule has 31 heavy (non-hydrogen) atoms. The first-order valence-electron chi connectivity index (χ1n) is 9.55. The Morgan fingerprint density at radius 1 is 1.13 bits per heavy atom. The number of hydrogen-bond acceptors (Lipinski definition) is 6. The zero-order valence-corrected chi connectivity index (χ0v) is 19.0. The van der Waals surface area contributed by atoms with Gasteiger partial charge in [-0.15, -0.1) is 10.2 Å². The van der Waals surface area contributed by atoms with Crippen molar-refractivity contribution in [2.24, 2.45) is 0 Å². The summed E-state index contributed by atoms with van der Waals surface area (Å²) in [7, 11) is 0. The summed E-state index contributed by atoms with van der Waals surface area (Å²) in [5, 5.41) is 12.1. The first-order valence-corrected chi connectivity index (χ1v) is 11.3. The highest BCUT2D eigenvalue weighted by Crippen LogP contribution is 2.29. The highest BCUT2D eigenvalue weighted by molar-refractivity contribution is 9.10. The van der Waals surface area contributed by atoms with Crippen LogP contribution in [0.4, 0.5) is 5.69 Å². The van der Waals surface area contributed by atoms with Gasteiger partial charge in [0.25, 0.3) is 0 Å². The number of carbonyl (C=O) groups excluding carboxylic acids is 1. The number of hydrogen-bond donors (Lipinski definition) is 1. The van der Waals surface area contributed by atoms with Crippen molar-refractivity contribution in [1.29, 1.82) is 0 Å². The number of halogens is 1. The van der Waals surface area contributed by atoms with E-state index in [0.29, 0.717) is 23.3 Å². The molecule has 2 aromatic heterocycles. The summed E-state index contributed by atoms with van der Waals surface area (Å²) in [5.74, 6) is 1.98. The first-order chi connectivity index (χ1) is 15.1. The molecule has 0 bridgehead atoms. The van der Waals surface area contributed by atoms with Crippen LogP contribution in [0.1, 0.15) is 6.92 Å². The zero-order valence-electron chi connectivity index (χ0n) is 16.6. The maximum Gasteiger partial charge on any atom is 0.234 e. The van der Waals surface area contributed by atoms with Gasteiger partial charge in [0.05, 0.1) is 24.3 Å². The summed E-state index contributed by atoms with van der Waals surface area (Å²) in [6.45, 7) is 2.54. The number of carbonyl (C=O) groups is 1. The zero-order chi connectivity index (χ0) is 21.6. The van der Waals surface area contributed by atoms with Gasteiger partial charge in [0.2, 0.25) is 11.7 Å². The van der Waals surface area contributed by atoms with Gasteiger partial charge in [-0.05, 0) is 67.6 Å². The monoisotopic (exact) mass is 498 g/mol. The van der Waals surface area contributed by atoms with Crippen molar-refractivity contribution in [2.75, 3.05) is 17.7 Å². The summed E-state index contributed by atoms with van der Waals surface area (Å²) < 4.78 is 13.9. The normalized spacial score (nSPS) is 10.8. The fourth-order valence-corrected chi connectivity index (χ4v) is 3.90. The molecular formula is C22H19BrN4O3S. The molecule has 0 spiro atoms. The van der Waals surface area contributed by atoms with Gasteiger partial charge in [-0.2, -0.15) is 0 Å². The average molecular weight is 499 g/mol. The number of aromatic nitrogens is 3. The van der Waals surface area contributed by atoms with Crippen LogP contribution in [0.2, 0.25) is 0 Å². The molecule has 4 aromatic rings. The fraction of sp³-hybridized carbons (Fsp3) is 0.136. The third-order valence-corrected chi connectivity index (χ3v) is 5.70. The number of amides is 1. The third kappa shape index (κ3) is 5.18. The van der Waals surface area contributed by atoms with Gasteiger partial charge in [-0.25, -0.2) is 0 Å². The van der Waals surface area contributed by atoms with Crippen LogP contribution in [-0.4, -0.2) is 33.0 Å². The predicted octanol–water partition coefficient (Wildman–Crippen LogP) is 5.42. The van der Waals surface area contributed by atoms with E-state index >= 15 is 0 Å². The van der Waals surface area contributed by atoms with Crippen LogP contribution in [0.15, 0.2) is 81.0 Å². The molecule has 0 unspecified atom stereocenters. The average Bonchev–Trinajstić information content (AvgIpc) is 3.44. The Kier molecular flexibility index (Phi) is 6.73. The van der Waals surface area contributed by atoms with Crippen molar-refractivity contribution in [2.45, 2.75) is 12.1 Å². The molecule has 0 saturated carbocycles. The maximum atomic E-state index is 12.4. The molecule has 2 heterocycles. The van der Waals surface area contributed by atoms with Gasteiger partial charge in [-0.1, -0.05) is 27.7 Å². The summed E-state index contributed by atoms with van der Waals surface area (Å²) >= 11 is 4.68. The largest absolute Gasteiger partial charge is 0.494 e. The molecule has 7 nitrogen and oxygen atoms in total. The number of benzene rings is 2. The molecule has 0 aliphatic rings. The predicted molar refractivity (Wildman–Crippen MR) is 124 cm³/mol. The van der Waals surface area contributed by atoms with Crippen LogP contribution >= 0.6 is 27.7 Å². The second-order valence-electron chi connectivity index (χ2n) is 6.39. The molecule has 0 atom stereocenters. The molecule has 0 saturated heterocycles. The van der Waals surface area contributed by atoms with Crippen LogP contribution in [-0.2, 0) is 4.79 Å². The Bertz CT molecular complexity index is 1140. The van der Waals surface area contributed by atoms with E-state index in [1.54, 1.807) is 12.3 Å². The molecule has 0 aliphatic carbocycles. The number of ether oxygens (including phenoxy) is 1. The summed E-state index contributed by atoms with van der Waals surface area (Å²) in [5.41, 5.74) is 1.58. The standard InChI is InChI=1S/C22H19BrN4O3S/c1-2-29-18-11-9-17(10-12-18)27-21(19-4-3-13-30-19)25-26-22(27)31-14-20(28)24-16-7-5-15(23)6-8-16/h3-13H,2,14H2,1H3,(H,24,28). The molecule has 0 aliphatic heterocycles. The Morgan fingerprint density at radius 3 is 2.58 bits per heavy atom. The van der Waals surface area contributed by atoms with Gasteiger partial charge >= 0.3 is 0 Å². The Morgan fingerprint density at radius 2 is 1.90 bits per heavy atom. The number of nitrogens with one attached hydrogen (secondary N) is 1. The van der Waals surface area contributed by atoms with Crippen molar-refractivity contribution in [3.05, 3.63) is 71.4 Å². The third-order valence-electron chi connectivity index (χ3n) is 4.24. The second kappa shape index (κ2) is 9.84. The molecule has 9 heteroatoms. The van der Waals surface area contributed by atoms with Crippen LogP contribution in [0, 0.1) is 0 Å². The minimum absolute atomic E-state index is 0.131.